The Morgan fingerprint density at radius 1 is 1.04 bits per heavy atom. The number of para-hydroxylation sites is 3. The average molecular weight is 358 g/mol. The predicted octanol–water partition coefficient (Wildman–Crippen LogP) is 1.49. The monoisotopic (exact) mass is 358 g/mol. The van der Waals surface area contributed by atoms with Gasteiger partial charge in [-0.15, -0.1) is 0 Å². The van der Waals surface area contributed by atoms with Crippen LogP contribution in [0.2, 0.25) is 0 Å². The summed E-state index contributed by atoms with van der Waals surface area (Å²) in [6.45, 7) is -0.183. The first-order chi connectivity index (χ1) is 13.2. The van der Waals surface area contributed by atoms with E-state index in [1.165, 1.54) is 17.1 Å². The molecule has 0 aliphatic rings. The van der Waals surface area contributed by atoms with Crippen LogP contribution in [0.1, 0.15) is 5.69 Å². The second-order valence-corrected chi connectivity index (χ2v) is 5.77. The van der Waals surface area contributed by atoms with Crippen molar-refractivity contribution in [3.8, 4) is 0 Å². The summed E-state index contributed by atoms with van der Waals surface area (Å²) in [5.74, 6) is -0.445. The third kappa shape index (κ3) is 3.54. The van der Waals surface area contributed by atoms with Crippen molar-refractivity contribution in [3.63, 3.8) is 0 Å². The van der Waals surface area contributed by atoms with E-state index in [9.17, 15) is 9.59 Å². The fraction of sp³-hybridized carbons (Fsp3) is 0.0526. The molecule has 1 amide bonds. The van der Waals surface area contributed by atoms with Crippen molar-refractivity contribution in [1.29, 1.82) is 0 Å². The second kappa shape index (κ2) is 7.12. The Morgan fingerprint density at radius 3 is 2.63 bits per heavy atom. The molecule has 0 saturated carbocycles. The number of carbonyl (C=O) groups is 1. The normalized spacial score (nSPS) is 11.3. The first kappa shape index (κ1) is 16.5. The van der Waals surface area contributed by atoms with E-state index in [1.807, 2.05) is 24.3 Å². The predicted molar refractivity (Wildman–Crippen MR) is 101 cm³/mol. The Balaban J connectivity index is 1.45. The largest absolute Gasteiger partial charge is 0.289 e. The van der Waals surface area contributed by atoms with Crippen LogP contribution < -0.4 is 11.0 Å². The molecule has 4 rings (SSSR count). The highest BCUT2D eigenvalue weighted by Crippen LogP contribution is 2.07. The van der Waals surface area contributed by atoms with E-state index in [-0.39, 0.29) is 12.1 Å². The van der Waals surface area contributed by atoms with Crippen molar-refractivity contribution in [1.82, 2.24) is 24.9 Å². The minimum absolute atomic E-state index is 0.183. The molecule has 8 nitrogen and oxygen atoms in total. The van der Waals surface area contributed by atoms with Crippen molar-refractivity contribution < 1.29 is 4.79 Å². The molecular weight excluding hydrogens is 344 g/mol. The zero-order chi connectivity index (χ0) is 18.6. The third-order valence-electron chi connectivity index (χ3n) is 3.90. The van der Waals surface area contributed by atoms with Crippen molar-refractivity contribution in [2.75, 3.05) is 0 Å². The molecule has 2 aromatic heterocycles. The Labute approximate surface area is 153 Å². The summed E-state index contributed by atoms with van der Waals surface area (Å²) >= 11 is 0. The van der Waals surface area contributed by atoms with Crippen LogP contribution in [0.3, 0.4) is 0 Å². The van der Waals surface area contributed by atoms with Gasteiger partial charge in [0.05, 0.1) is 40.7 Å². The molecular formula is C19H14N6O2. The first-order valence-electron chi connectivity index (χ1n) is 8.18. The molecule has 0 unspecified atom stereocenters. The van der Waals surface area contributed by atoms with Crippen molar-refractivity contribution in [2.24, 2.45) is 5.10 Å². The molecule has 1 N–H and O–H groups in total. The number of hydrogen-bond acceptors (Lipinski definition) is 6. The molecule has 2 aromatic carbocycles. The zero-order valence-corrected chi connectivity index (χ0v) is 14.1. The molecule has 2 heterocycles. The molecule has 132 valence electrons. The van der Waals surface area contributed by atoms with Gasteiger partial charge in [-0.05, 0) is 24.3 Å². The lowest BCUT2D eigenvalue weighted by molar-refractivity contribution is -0.121. The summed E-state index contributed by atoms with van der Waals surface area (Å²) in [6.07, 6.45) is 4.32. The van der Waals surface area contributed by atoms with Gasteiger partial charge < -0.3 is 0 Å². The van der Waals surface area contributed by atoms with Gasteiger partial charge in [0.25, 0.3) is 11.5 Å². The van der Waals surface area contributed by atoms with E-state index in [1.54, 1.807) is 30.5 Å². The van der Waals surface area contributed by atoms with Crippen LogP contribution in [-0.2, 0) is 11.3 Å². The summed E-state index contributed by atoms with van der Waals surface area (Å²) < 4.78 is 1.24. The first-order valence-corrected chi connectivity index (χ1v) is 8.18. The van der Waals surface area contributed by atoms with Crippen LogP contribution in [-0.4, -0.2) is 31.6 Å². The maximum absolute atomic E-state index is 12.4. The average Bonchev–Trinajstić information content (AvgIpc) is 2.70. The molecule has 4 aromatic rings. The van der Waals surface area contributed by atoms with Gasteiger partial charge in [0.2, 0.25) is 0 Å². The lowest BCUT2D eigenvalue weighted by Crippen LogP contribution is -2.30. The van der Waals surface area contributed by atoms with E-state index in [0.29, 0.717) is 16.6 Å². The molecule has 0 bridgehead atoms. The van der Waals surface area contributed by atoms with E-state index < -0.39 is 5.91 Å². The van der Waals surface area contributed by atoms with Crippen molar-refractivity contribution >= 4 is 34.1 Å². The van der Waals surface area contributed by atoms with Crippen LogP contribution in [0.25, 0.3) is 21.9 Å². The topological polar surface area (TPSA) is 102 Å². The van der Waals surface area contributed by atoms with Gasteiger partial charge in [-0.1, -0.05) is 24.3 Å². The lowest BCUT2D eigenvalue weighted by Gasteiger charge is -2.05. The van der Waals surface area contributed by atoms with Crippen LogP contribution in [0.15, 0.2) is 71.0 Å². The smallest absolute Gasteiger partial charge is 0.261 e. The van der Waals surface area contributed by atoms with Gasteiger partial charge in [-0.2, -0.15) is 5.10 Å². The van der Waals surface area contributed by atoms with Crippen LogP contribution >= 0.6 is 0 Å². The van der Waals surface area contributed by atoms with Gasteiger partial charge in [-0.3, -0.25) is 19.1 Å². The third-order valence-corrected chi connectivity index (χ3v) is 3.90. The maximum Gasteiger partial charge on any atom is 0.261 e. The molecule has 0 atom stereocenters. The number of nitrogens with one attached hydrogen (secondary N) is 1. The molecule has 0 aliphatic carbocycles. The number of hydrazone groups is 1. The second-order valence-electron chi connectivity index (χ2n) is 5.77. The molecule has 0 spiro atoms. The van der Waals surface area contributed by atoms with E-state index in [2.05, 4.69) is 25.5 Å². The number of benzene rings is 2. The Bertz CT molecular complexity index is 1230. The van der Waals surface area contributed by atoms with Gasteiger partial charge in [0.15, 0.2) is 0 Å². The highest BCUT2D eigenvalue weighted by molar-refractivity contribution is 5.84. The van der Waals surface area contributed by atoms with Gasteiger partial charge in [0, 0.05) is 0 Å². The Hall–Kier alpha value is -3.94. The molecule has 27 heavy (non-hydrogen) atoms. The number of nitrogens with zero attached hydrogens (tertiary/aromatic N) is 5. The Morgan fingerprint density at radius 2 is 1.78 bits per heavy atom. The van der Waals surface area contributed by atoms with Gasteiger partial charge in [0.1, 0.15) is 12.2 Å². The van der Waals surface area contributed by atoms with Gasteiger partial charge >= 0.3 is 0 Å². The number of amides is 1. The molecule has 8 heteroatoms. The van der Waals surface area contributed by atoms with Crippen LogP contribution in [0, 0.1) is 0 Å². The fourth-order valence-electron chi connectivity index (χ4n) is 2.61. The number of carbonyl (C=O) groups excluding carboxylic acids is 1. The maximum atomic E-state index is 12.4. The lowest BCUT2D eigenvalue weighted by atomic mass is 10.2. The fourth-order valence-corrected chi connectivity index (χ4v) is 2.61. The molecule has 0 saturated heterocycles. The minimum Gasteiger partial charge on any atom is -0.289 e. The van der Waals surface area contributed by atoms with Gasteiger partial charge in [-0.25, -0.2) is 15.4 Å². The van der Waals surface area contributed by atoms with E-state index >= 15 is 0 Å². The number of rotatable bonds is 4. The van der Waals surface area contributed by atoms with E-state index in [0.717, 1.165) is 11.0 Å². The van der Waals surface area contributed by atoms with Crippen LogP contribution in [0.5, 0.6) is 0 Å². The summed E-state index contributed by atoms with van der Waals surface area (Å²) in [7, 11) is 0. The van der Waals surface area contributed by atoms with E-state index in [4.69, 9.17) is 0 Å². The Kier molecular flexibility index (Phi) is 4.36. The zero-order valence-electron chi connectivity index (χ0n) is 14.1. The summed E-state index contributed by atoms with van der Waals surface area (Å²) in [5, 5.41) is 4.33. The summed E-state index contributed by atoms with van der Waals surface area (Å²) in [5.41, 5.74) is 4.72. The van der Waals surface area contributed by atoms with Crippen LogP contribution in [0.4, 0.5) is 0 Å². The van der Waals surface area contributed by atoms with Crippen molar-refractivity contribution in [3.05, 3.63) is 77.1 Å². The SMILES string of the molecule is O=C(Cn1cnc2ccccc2c1=O)N/N=C\c1cnc2ccccc2n1. The molecule has 0 aliphatic heterocycles. The molecule has 0 fully saturated rings. The quantitative estimate of drug-likeness (QED) is 0.440. The standard InChI is InChI=1S/C19H14N6O2/c26-18(11-25-12-21-15-6-2-1-5-14(15)19(25)27)24-22-10-13-9-20-16-7-3-4-8-17(16)23-13/h1-10,12H,11H2,(H,24,26)/b22-10-. The highest BCUT2D eigenvalue weighted by Gasteiger charge is 2.07. The molecule has 0 radical (unpaired) electrons. The summed E-state index contributed by atoms with van der Waals surface area (Å²) in [4.78, 5) is 37.2. The highest BCUT2D eigenvalue weighted by atomic mass is 16.2. The minimum atomic E-state index is -0.445. The summed E-state index contributed by atoms with van der Waals surface area (Å²) in [6, 6.07) is 14.4. The number of fused-ring (bicyclic) bond motifs is 2. The number of hydrogen-bond donors (Lipinski definition) is 1. The van der Waals surface area contributed by atoms with Crippen molar-refractivity contribution in [2.45, 2.75) is 6.54 Å². The number of aromatic nitrogens is 4.